The van der Waals surface area contributed by atoms with Crippen molar-refractivity contribution in [2.75, 3.05) is 13.2 Å². The van der Waals surface area contributed by atoms with Crippen molar-refractivity contribution in [3.05, 3.63) is 11.6 Å². The standard InChI is InChI=1S/C28H45NO/c1-18-9-12-26(4)21(15-18)7-8-23-22-10-13-28(20(3)24(22)19(2)25(23)26)16-27(17-30-28)11-5-6-14-29-27/h7,18-20,22-25,29H,5-6,8-17H2,1-4H3/t18-,19?,20+,22?,23?,24?,25?,26-,27-,28+/m0/s1. The molecule has 0 aromatic heterocycles. The van der Waals surface area contributed by atoms with Crippen LogP contribution in [0, 0.1) is 46.8 Å². The van der Waals surface area contributed by atoms with Gasteiger partial charge in [0.25, 0.3) is 0 Å². The Kier molecular flexibility index (Phi) is 4.62. The summed E-state index contributed by atoms with van der Waals surface area (Å²) in [5.74, 6) is 6.14. The molecule has 10 atom stereocenters. The molecule has 2 aliphatic heterocycles. The summed E-state index contributed by atoms with van der Waals surface area (Å²) >= 11 is 0. The van der Waals surface area contributed by atoms with Gasteiger partial charge in [-0.1, -0.05) is 45.8 Å². The van der Waals surface area contributed by atoms with E-state index in [1.807, 2.05) is 5.57 Å². The van der Waals surface area contributed by atoms with Crippen molar-refractivity contribution in [2.24, 2.45) is 46.8 Å². The van der Waals surface area contributed by atoms with Crippen molar-refractivity contribution in [3.8, 4) is 0 Å². The van der Waals surface area contributed by atoms with Crippen molar-refractivity contribution in [1.82, 2.24) is 5.32 Å². The van der Waals surface area contributed by atoms with Crippen molar-refractivity contribution in [1.29, 1.82) is 0 Å². The fourth-order valence-corrected chi connectivity index (χ4v) is 10.3. The highest BCUT2D eigenvalue weighted by Crippen LogP contribution is 2.68. The molecule has 2 spiro atoms. The first kappa shape index (κ1) is 20.3. The topological polar surface area (TPSA) is 21.3 Å². The summed E-state index contributed by atoms with van der Waals surface area (Å²) in [5, 5.41) is 3.92. The highest BCUT2D eigenvalue weighted by atomic mass is 16.5. The predicted octanol–water partition coefficient (Wildman–Crippen LogP) is 6.36. The fraction of sp³-hybridized carbons (Fsp3) is 0.929. The van der Waals surface area contributed by atoms with Gasteiger partial charge in [-0.25, -0.2) is 0 Å². The zero-order chi connectivity index (χ0) is 20.7. The molecule has 0 aromatic rings. The lowest BCUT2D eigenvalue weighted by Gasteiger charge is -2.50. The summed E-state index contributed by atoms with van der Waals surface area (Å²) in [7, 11) is 0. The second-order valence-corrected chi connectivity index (χ2v) is 13.0. The molecule has 168 valence electrons. The molecule has 0 amide bonds. The number of ether oxygens (including phenoxy) is 1. The Morgan fingerprint density at radius 2 is 1.90 bits per heavy atom. The van der Waals surface area contributed by atoms with E-state index in [1.165, 1.54) is 70.8 Å². The van der Waals surface area contributed by atoms with Gasteiger partial charge in [0.05, 0.1) is 12.2 Å². The Hall–Kier alpha value is -0.340. The highest BCUT2D eigenvalue weighted by Gasteiger charge is 2.64. The van der Waals surface area contributed by atoms with E-state index in [1.54, 1.807) is 0 Å². The molecule has 6 rings (SSSR count). The first-order valence-electron chi connectivity index (χ1n) is 13.5. The fourth-order valence-electron chi connectivity index (χ4n) is 10.3. The highest BCUT2D eigenvalue weighted by molar-refractivity contribution is 5.26. The van der Waals surface area contributed by atoms with Gasteiger partial charge in [0.2, 0.25) is 0 Å². The molecule has 0 bridgehead atoms. The van der Waals surface area contributed by atoms with Crippen LogP contribution in [0.1, 0.15) is 91.9 Å². The predicted molar refractivity (Wildman–Crippen MR) is 123 cm³/mol. The molecule has 5 fully saturated rings. The van der Waals surface area contributed by atoms with Crippen LogP contribution in [0.4, 0.5) is 0 Å². The molecule has 30 heavy (non-hydrogen) atoms. The third-order valence-corrected chi connectivity index (χ3v) is 11.7. The third-order valence-electron chi connectivity index (χ3n) is 11.7. The lowest BCUT2D eigenvalue weighted by Crippen LogP contribution is -2.52. The van der Waals surface area contributed by atoms with E-state index < -0.39 is 0 Å². The van der Waals surface area contributed by atoms with Gasteiger partial charge in [0.1, 0.15) is 0 Å². The first-order chi connectivity index (χ1) is 14.4. The maximum atomic E-state index is 6.87. The Labute approximate surface area is 185 Å². The van der Waals surface area contributed by atoms with E-state index in [2.05, 4.69) is 39.1 Å². The number of hydrogen-bond donors (Lipinski definition) is 1. The SMILES string of the molecule is CC1C2C(CC[C@@]3(C[C@@]4(CCCCN4)CO3)[C@@H]2C)C2CC=C3C[C@@H](C)CC[C@]3(C)C12. The molecule has 2 heterocycles. The van der Waals surface area contributed by atoms with Crippen molar-refractivity contribution in [2.45, 2.75) is 103 Å². The minimum atomic E-state index is 0.158. The average Bonchev–Trinajstić information content (AvgIpc) is 3.23. The molecular weight excluding hydrogens is 366 g/mol. The van der Waals surface area contributed by atoms with Gasteiger partial charge < -0.3 is 10.1 Å². The second-order valence-electron chi connectivity index (χ2n) is 13.0. The Morgan fingerprint density at radius 1 is 1.03 bits per heavy atom. The summed E-state index contributed by atoms with van der Waals surface area (Å²) in [6.45, 7) is 12.6. The number of hydrogen-bond acceptors (Lipinski definition) is 2. The van der Waals surface area contributed by atoms with Crippen LogP contribution in [-0.2, 0) is 4.74 Å². The average molecular weight is 412 g/mol. The molecule has 3 saturated carbocycles. The number of fused-ring (bicyclic) bond motifs is 5. The molecule has 2 heteroatoms. The maximum absolute atomic E-state index is 6.87. The maximum Gasteiger partial charge on any atom is 0.0730 e. The lowest BCUT2D eigenvalue weighted by molar-refractivity contribution is -0.104. The Balaban J connectivity index is 1.28. The number of nitrogens with one attached hydrogen (secondary N) is 1. The quantitative estimate of drug-likeness (QED) is 0.468. The van der Waals surface area contributed by atoms with Gasteiger partial charge in [-0.2, -0.15) is 0 Å². The van der Waals surface area contributed by atoms with Crippen LogP contribution in [-0.4, -0.2) is 24.3 Å². The number of piperidine rings is 1. The number of rotatable bonds is 0. The second kappa shape index (κ2) is 6.83. The molecular formula is C28H45NO. The van der Waals surface area contributed by atoms with Gasteiger partial charge in [-0.3, -0.25) is 0 Å². The Morgan fingerprint density at radius 3 is 2.70 bits per heavy atom. The summed E-state index contributed by atoms with van der Waals surface area (Å²) in [6.07, 6.45) is 16.5. The molecule has 6 aliphatic rings. The van der Waals surface area contributed by atoms with Gasteiger partial charge in [-0.15, -0.1) is 0 Å². The van der Waals surface area contributed by atoms with E-state index in [4.69, 9.17) is 4.74 Å². The molecule has 2 nitrogen and oxygen atoms in total. The van der Waals surface area contributed by atoms with Gasteiger partial charge >= 0.3 is 0 Å². The molecule has 1 N–H and O–H groups in total. The zero-order valence-electron chi connectivity index (χ0n) is 20.0. The molecule has 0 radical (unpaired) electrons. The molecule has 4 aliphatic carbocycles. The molecule has 2 saturated heterocycles. The monoisotopic (exact) mass is 411 g/mol. The normalized spacial score (nSPS) is 57.7. The Bertz CT molecular complexity index is 722. The van der Waals surface area contributed by atoms with Crippen LogP contribution in [0.3, 0.4) is 0 Å². The van der Waals surface area contributed by atoms with E-state index >= 15 is 0 Å². The largest absolute Gasteiger partial charge is 0.373 e. The van der Waals surface area contributed by atoms with Crippen LogP contribution < -0.4 is 5.32 Å². The van der Waals surface area contributed by atoms with Gasteiger partial charge in [-0.05, 0) is 111 Å². The van der Waals surface area contributed by atoms with Crippen LogP contribution in [0.5, 0.6) is 0 Å². The van der Waals surface area contributed by atoms with E-state index in [0.717, 1.165) is 48.0 Å². The summed E-state index contributed by atoms with van der Waals surface area (Å²) in [5.41, 5.74) is 2.79. The summed E-state index contributed by atoms with van der Waals surface area (Å²) < 4.78 is 6.87. The first-order valence-corrected chi connectivity index (χ1v) is 13.5. The van der Waals surface area contributed by atoms with E-state index in [-0.39, 0.29) is 5.60 Å². The molecule has 0 aromatic carbocycles. The number of allylic oxidation sites excluding steroid dienone is 2. The minimum Gasteiger partial charge on any atom is -0.373 e. The van der Waals surface area contributed by atoms with Crippen molar-refractivity contribution >= 4 is 0 Å². The zero-order valence-corrected chi connectivity index (χ0v) is 20.0. The van der Waals surface area contributed by atoms with Crippen LogP contribution in [0.2, 0.25) is 0 Å². The summed E-state index contributed by atoms with van der Waals surface area (Å²) in [6, 6.07) is 0. The van der Waals surface area contributed by atoms with Crippen molar-refractivity contribution < 1.29 is 4.74 Å². The molecule has 5 unspecified atom stereocenters. The van der Waals surface area contributed by atoms with Gasteiger partial charge in [0, 0.05) is 5.54 Å². The van der Waals surface area contributed by atoms with Crippen LogP contribution in [0.15, 0.2) is 11.6 Å². The van der Waals surface area contributed by atoms with Crippen LogP contribution >= 0.6 is 0 Å². The van der Waals surface area contributed by atoms with Crippen molar-refractivity contribution in [3.63, 3.8) is 0 Å². The van der Waals surface area contributed by atoms with Crippen LogP contribution in [0.25, 0.3) is 0 Å². The smallest absolute Gasteiger partial charge is 0.0730 e. The van der Waals surface area contributed by atoms with E-state index in [0.29, 0.717) is 11.0 Å². The minimum absolute atomic E-state index is 0.158. The third kappa shape index (κ3) is 2.68. The van der Waals surface area contributed by atoms with Gasteiger partial charge in [0.15, 0.2) is 0 Å². The lowest BCUT2D eigenvalue weighted by atomic mass is 9.54. The summed E-state index contributed by atoms with van der Waals surface area (Å²) in [4.78, 5) is 0. The van der Waals surface area contributed by atoms with E-state index in [9.17, 15) is 0 Å².